The Hall–Kier alpha value is -4.04. The maximum Gasteiger partial charge on any atom is 0.297 e. The van der Waals surface area contributed by atoms with Crippen molar-refractivity contribution in [2.24, 2.45) is 0 Å². The Morgan fingerprint density at radius 1 is 0.750 bits per heavy atom. The van der Waals surface area contributed by atoms with Crippen molar-refractivity contribution < 1.29 is 21.8 Å². The average molecular weight is 553 g/mol. The Balaban J connectivity index is 1.28. The van der Waals surface area contributed by atoms with E-state index >= 15 is 0 Å². The van der Waals surface area contributed by atoms with E-state index in [4.69, 9.17) is 13.3 Å². The quantitative estimate of drug-likeness (QED) is 0.208. The molecule has 6 rings (SSSR count). The van der Waals surface area contributed by atoms with Crippen molar-refractivity contribution in [3.8, 4) is 11.3 Å². The minimum atomic E-state index is -3.95. The molecular weight excluding hydrogens is 524 g/mol. The zero-order valence-corrected chi connectivity index (χ0v) is 22.7. The van der Waals surface area contributed by atoms with Crippen LogP contribution in [0, 0.1) is 6.92 Å². The van der Waals surface area contributed by atoms with Crippen molar-refractivity contribution in [1.29, 1.82) is 0 Å². The summed E-state index contributed by atoms with van der Waals surface area (Å²) in [6, 6.07) is 32.7. The van der Waals surface area contributed by atoms with Gasteiger partial charge in [-0.15, -0.1) is 0 Å². The first-order valence-corrected chi connectivity index (χ1v) is 14.6. The van der Waals surface area contributed by atoms with E-state index in [1.807, 2.05) is 73.7 Å². The molecule has 6 nitrogen and oxygen atoms in total. The zero-order chi connectivity index (χ0) is 27.7. The van der Waals surface area contributed by atoms with Gasteiger partial charge in [-0.1, -0.05) is 84.4 Å². The van der Waals surface area contributed by atoms with E-state index in [1.165, 1.54) is 6.07 Å². The molecule has 40 heavy (non-hydrogen) atoms. The van der Waals surface area contributed by atoms with Crippen LogP contribution in [0.5, 0.6) is 0 Å². The molecule has 0 amide bonds. The van der Waals surface area contributed by atoms with E-state index in [0.29, 0.717) is 29.6 Å². The highest BCUT2D eigenvalue weighted by atomic mass is 32.2. The molecular formula is C33H28O6S. The second-order valence-corrected chi connectivity index (χ2v) is 11.6. The number of para-hydroxylation sites is 1. The molecule has 0 radical (unpaired) electrons. The van der Waals surface area contributed by atoms with Crippen LogP contribution in [-0.2, 0) is 19.0 Å². The fourth-order valence-electron chi connectivity index (χ4n) is 5.11. The molecule has 0 bridgehead atoms. The summed E-state index contributed by atoms with van der Waals surface area (Å²) in [6.45, 7) is 1.91. The molecule has 1 saturated heterocycles. The molecule has 202 valence electrons. The van der Waals surface area contributed by atoms with E-state index in [1.54, 1.807) is 36.4 Å². The molecule has 4 aromatic carbocycles. The minimum absolute atomic E-state index is 0.1000. The van der Waals surface area contributed by atoms with Gasteiger partial charge in [0.25, 0.3) is 10.1 Å². The third-order valence-corrected chi connectivity index (χ3v) is 8.60. The van der Waals surface area contributed by atoms with Gasteiger partial charge in [-0.2, -0.15) is 8.42 Å². The van der Waals surface area contributed by atoms with E-state index < -0.39 is 22.3 Å². The number of aryl methyl sites for hydroxylation is 1. The van der Waals surface area contributed by atoms with Crippen molar-refractivity contribution in [1.82, 2.24) is 0 Å². The Morgan fingerprint density at radius 2 is 1.38 bits per heavy atom. The van der Waals surface area contributed by atoms with Crippen molar-refractivity contribution in [2.45, 2.75) is 43.0 Å². The molecule has 7 heteroatoms. The molecule has 2 heterocycles. The molecule has 1 aliphatic rings. The van der Waals surface area contributed by atoms with Gasteiger partial charge < -0.3 is 9.15 Å². The summed E-state index contributed by atoms with van der Waals surface area (Å²) in [5, 5.41) is 0.539. The summed E-state index contributed by atoms with van der Waals surface area (Å²) in [5.74, 6) is 0.479. The second kappa shape index (κ2) is 10.8. The number of rotatable bonds is 6. The van der Waals surface area contributed by atoms with Gasteiger partial charge in [0.05, 0.1) is 28.6 Å². The lowest BCUT2D eigenvalue weighted by Crippen LogP contribution is -2.30. The van der Waals surface area contributed by atoms with Crippen molar-refractivity contribution >= 4 is 21.1 Å². The highest BCUT2D eigenvalue weighted by Gasteiger charge is 2.35. The number of hydrogen-bond donors (Lipinski definition) is 0. The maximum atomic E-state index is 13.1. The van der Waals surface area contributed by atoms with Gasteiger partial charge >= 0.3 is 0 Å². The predicted molar refractivity (Wildman–Crippen MR) is 153 cm³/mol. The van der Waals surface area contributed by atoms with Gasteiger partial charge in [0.1, 0.15) is 11.3 Å². The number of ether oxygens (including phenoxy) is 1. The van der Waals surface area contributed by atoms with Gasteiger partial charge in [0.15, 0.2) is 5.43 Å². The largest absolute Gasteiger partial charge is 0.456 e. The van der Waals surface area contributed by atoms with Crippen LogP contribution in [-0.4, -0.2) is 14.5 Å². The summed E-state index contributed by atoms with van der Waals surface area (Å²) >= 11 is 0. The fraction of sp³-hybridized carbons (Fsp3) is 0.182. The minimum Gasteiger partial charge on any atom is -0.456 e. The van der Waals surface area contributed by atoms with Crippen LogP contribution < -0.4 is 5.43 Å². The van der Waals surface area contributed by atoms with Crippen molar-refractivity contribution in [2.75, 3.05) is 0 Å². The summed E-state index contributed by atoms with van der Waals surface area (Å²) in [5.41, 5.74) is 4.01. The third kappa shape index (κ3) is 5.49. The topological polar surface area (TPSA) is 82.8 Å². The second-order valence-electron chi connectivity index (χ2n) is 10.1. The molecule has 0 aliphatic carbocycles. The summed E-state index contributed by atoms with van der Waals surface area (Å²) in [4.78, 5) is 12.7. The normalized spacial score (nSPS) is 19.5. The number of hydrogen-bond acceptors (Lipinski definition) is 6. The number of fused-ring (bicyclic) bond motifs is 1. The molecule has 0 unspecified atom stereocenters. The van der Waals surface area contributed by atoms with Crippen LogP contribution in [0.3, 0.4) is 0 Å². The molecule has 1 aliphatic heterocycles. The first-order chi connectivity index (χ1) is 19.4. The first kappa shape index (κ1) is 26.2. The molecule has 1 fully saturated rings. The highest BCUT2D eigenvalue weighted by Crippen LogP contribution is 2.41. The molecule has 5 aromatic rings. The summed E-state index contributed by atoms with van der Waals surface area (Å²) in [6.07, 6.45) is -0.523. The zero-order valence-electron chi connectivity index (χ0n) is 21.9. The lowest BCUT2D eigenvalue weighted by Gasteiger charge is -2.35. The van der Waals surface area contributed by atoms with E-state index in [-0.39, 0.29) is 16.4 Å². The van der Waals surface area contributed by atoms with Crippen LogP contribution >= 0.6 is 0 Å². The van der Waals surface area contributed by atoms with Crippen LogP contribution in [0.4, 0.5) is 0 Å². The van der Waals surface area contributed by atoms with Gasteiger partial charge in [-0.3, -0.25) is 8.98 Å². The smallest absolute Gasteiger partial charge is 0.297 e. The van der Waals surface area contributed by atoms with Gasteiger partial charge in [0, 0.05) is 24.5 Å². The molecule has 3 atom stereocenters. The summed E-state index contributed by atoms with van der Waals surface area (Å²) < 4.78 is 44.5. The van der Waals surface area contributed by atoms with E-state index in [2.05, 4.69) is 0 Å². The predicted octanol–water partition coefficient (Wildman–Crippen LogP) is 7.14. The standard InChI is InChI=1S/C33H28O6S/c1-22-11-17-27(18-12-22)40(35,36)39-26-19-31(23-7-3-2-4-8-23)38-32(20-26)24-13-15-25(16-14-24)33-21-29(34)28-9-5-6-10-30(28)37-33/h2-18,21,26,31-32H,19-20H2,1H3/t26-,31-,32+/m1/s1. The van der Waals surface area contributed by atoms with Crippen LogP contribution in [0.1, 0.15) is 41.7 Å². The molecule has 0 N–H and O–H groups in total. The average Bonchev–Trinajstić information content (AvgIpc) is 2.97. The van der Waals surface area contributed by atoms with Crippen LogP contribution in [0.15, 0.2) is 123 Å². The van der Waals surface area contributed by atoms with Crippen LogP contribution in [0.25, 0.3) is 22.3 Å². The Bertz CT molecular complexity index is 1790. The monoisotopic (exact) mass is 552 g/mol. The van der Waals surface area contributed by atoms with E-state index in [9.17, 15) is 13.2 Å². The van der Waals surface area contributed by atoms with Gasteiger partial charge in [0.2, 0.25) is 0 Å². The first-order valence-electron chi connectivity index (χ1n) is 13.2. The van der Waals surface area contributed by atoms with Crippen molar-refractivity contribution in [3.63, 3.8) is 0 Å². The highest BCUT2D eigenvalue weighted by molar-refractivity contribution is 7.86. The molecule has 1 aromatic heterocycles. The Kier molecular flexibility index (Phi) is 7.11. The lowest BCUT2D eigenvalue weighted by atomic mass is 9.92. The Morgan fingerprint density at radius 3 is 2.08 bits per heavy atom. The van der Waals surface area contributed by atoms with Gasteiger partial charge in [-0.25, -0.2) is 0 Å². The lowest BCUT2D eigenvalue weighted by molar-refractivity contribution is -0.0920. The van der Waals surface area contributed by atoms with Gasteiger partial charge in [-0.05, 0) is 42.3 Å². The summed E-state index contributed by atoms with van der Waals surface area (Å²) in [7, 11) is -3.95. The Labute approximate surface area is 232 Å². The SMILES string of the molecule is Cc1ccc(S(=O)(=O)O[C@H]2C[C@@H](c3ccc(-c4cc(=O)c5ccccc5o4)cc3)O[C@@H](c3ccccc3)C2)cc1. The number of benzene rings is 4. The van der Waals surface area contributed by atoms with Crippen LogP contribution in [0.2, 0.25) is 0 Å². The molecule has 0 spiro atoms. The third-order valence-electron chi connectivity index (χ3n) is 7.23. The van der Waals surface area contributed by atoms with E-state index in [0.717, 1.165) is 22.3 Å². The molecule has 0 saturated carbocycles. The fourth-order valence-corrected chi connectivity index (χ4v) is 6.20. The van der Waals surface area contributed by atoms with Crippen molar-refractivity contribution in [3.05, 3.63) is 136 Å². The maximum absolute atomic E-state index is 13.1.